The van der Waals surface area contributed by atoms with Gasteiger partial charge in [0.25, 0.3) is 0 Å². The minimum Gasteiger partial charge on any atom is -0.279 e. The van der Waals surface area contributed by atoms with Gasteiger partial charge in [-0.15, -0.1) is 0 Å². The lowest BCUT2D eigenvalue weighted by Crippen LogP contribution is -2.31. The van der Waals surface area contributed by atoms with Gasteiger partial charge in [0.1, 0.15) is 0 Å². The van der Waals surface area contributed by atoms with E-state index in [4.69, 9.17) is 5.84 Å². The van der Waals surface area contributed by atoms with Crippen molar-refractivity contribution in [1.29, 1.82) is 0 Å². The number of hydrogen-bond acceptors (Lipinski definition) is 2. The minimum atomic E-state index is 0.235. The molecule has 0 aromatic heterocycles. The van der Waals surface area contributed by atoms with Crippen LogP contribution >= 0.6 is 0 Å². The monoisotopic (exact) mass is 272 g/mol. The number of para-hydroxylation sites is 2. The van der Waals surface area contributed by atoms with E-state index in [9.17, 15) is 0 Å². The van der Waals surface area contributed by atoms with Crippen molar-refractivity contribution in [2.24, 2.45) is 5.84 Å². The molecule has 21 heavy (non-hydrogen) atoms. The normalized spacial score (nSPS) is 13.7. The molecule has 2 heteroatoms. The third kappa shape index (κ3) is 1.84. The second-order valence-electron chi connectivity index (χ2n) is 5.33. The van der Waals surface area contributed by atoms with Crippen molar-refractivity contribution in [3.05, 3.63) is 95.6 Å². The molecule has 2 N–H and O–H groups in total. The van der Waals surface area contributed by atoms with Gasteiger partial charge in [-0.05, 0) is 28.8 Å². The molecule has 0 bridgehead atoms. The van der Waals surface area contributed by atoms with Crippen LogP contribution in [0.5, 0.6) is 0 Å². The van der Waals surface area contributed by atoms with Crippen LogP contribution in [0.25, 0.3) is 0 Å². The summed E-state index contributed by atoms with van der Waals surface area (Å²) < 4.78 is 0. The fourth-order valence-corrected chi connectivity index (χ4v) is 3.20. The number of hydrazine groups is 1. The molecule has 1 aliphatic rings. The molecule has 0 spiro atoms. The quantitative estimate of drug-likeness (QED) is 0.673. The lowest BCUT2D eigenvalue weighted by molar-refractivity contribution is 0.902. The highest BCUT2D eigenvalue weighted by Gasteiger charge is 2.29. The first kappa shape index (κ1) is 12.2. The summed E-state index contributed by atoms with van der Waals surface area (Å²) in [6.07, 6.45) is 0. The van der Waals surface area contributed by atoms with Gasteiger partial charge in [0.05, 0.1) is 11.4 Å². The van der Waals surface area contributed by atoms with E-state index in [0.717, 1.165) is 11.4 Å². The molecule has 0 fully saturated rings. The third-order valence-corrected chi connectivity index (χ3v) is 4.15. The van der Waals surface area contributed by atoms with Crippen molar-refractivity contribution in [3.8, 4) is 0 Å². The zero-order chi connectivity index (χ0) is 14.2. The summed E-state index contributed by atoms with van der Waals surface area (Å²) in [7, 11) is 0. The number of nitrogens with zero attached hydrogens (tertiary/aromatic N) is 1. The number of fused-ring (bicyclic) bond motifs is 2. The first-order chi connectivity index (χ1) is 10.4. The predicted octanol–water partition coefficient (Wildman–Crippen LogP) is 4.19. The van der Waals surface area contributed by atoms with Crippen molar-refractivity contribution in [1.82, 2.24) is 0 Å². The molecule has 3 aromatic carbocycles. The van der Waals surface area contributed by atoms with Crippen LogP contribution in [0.15, 0.2) is 78.9 Å². The van der Waals surface area contributed by atoms with Crippen LogP contribution in [0, 0.1) is 0 Å². The number of hydrogen-bond donors (Lipinski definition) is 1. The molecule has 1 heterocycles. The van der Waals surface area contributed by atoms with Crippen molar-refractivity contribution in [2.45, 2.75) is 5.92 Å². The maximum absolute atomic E-state index is 6.33. The van der Waals surface area contributed by atoms with Gasteiger partial charge in [-0.2, -0.15) is 0 Å². The SMILES string of the molecule is NN1c2ccccc2C(c2ccccc2)c2ccccc21. The zero-order valence-corrected chi connectivity index (χ0v) is 11.6. The molecule has 0 amide bonds. The van der Waals surface area contributed by atoms with Crippen molar-refractivity contribution < 1.29 is 0 Å². The smallest absolute Gasteiger partial charge is 0.0617 e. The van der Waals surface area contributed by atoms with E-state index in [1.165, 1.54) is 16.7 Å². The van der Waals surface area contributed by atoms with Crippen LogP contribution in [0.3, 0.4) is 0 Å². The number of benzene rings is 3. The predicted molar refractivity (Wildman–Crippen MR) is 86.6 cm³/mol. The van der Waals surface area contributed by atoms with Gasteiger partial charge in [-0.1, -0.05) is 66.7 Å². The second kappa shape index (κ2) is 4.76. The van der Waals surface area contributed by atoms with Crippen LogP contribution in [0.4, 0.5) is 11.4 Å². The van der Waals surface area contributed by atoms with E-state index in [1.54, 1.807) is 5.01 Å². The summed E-state index contributed by atoms with van der Waals surface area (Å²) in [4.78, 5) is 0. The van der Waals surface area contributed by atoms with Crippen LogP contribution in [0.2, 0.25) is 0 Å². The maximum Gasteiger partial charge on any atom is 0.0617 e. The van der Waals surface area contributed by atoms with E-state index in [1.807, 2.05) is 12.1 Å². The molecule has 0 radical (unpaired) electrons. The summed E-state index contributed by atoms with van der Waals surface area (Å²) in [6.45, 7) is 0. The lowest BCUT2D eigenvalue weighted by atomic mass is 9.81. The van der Waals surface area contributed by atoms with Gasteiger partial charge in [-0.3, -0.25) is 5.01 Å². The Bertz CT molecular complexity index is 733. The molecule has 0 unspecified atom stereocenters. The number of nitrogens with two attached hydrogens (primary N) is 1. The Balaban J connectivity index is 2.01. The number of anilines is 2. The molecule has 0 aliphatic carbocycles. The first-order valence-corrected chi connectivity index (χ1v) is 7.14. The first-order valence-electron chi connectivity index (χ1n) is 7.14. The highest BCUT2D eigenvalue weighted by atomic mass is 15.4. The molecule has 1 aliphatic heterocycles. The molecule has 3 aromatic rings. The van der Waals surface area contributed by atoms with E-state index < -0.39 is 0 Å². The highest BCUT2D eigenvalue weighted by molar-refractivity contribution is 5.76. The third-order valence-electron chi connectivity index (χ3n) is 4.15. The van der Waals surface area contributed by atoms with Gasteiger partial charge in [0.2, 0.25) is 0 Å². The van der Waals surface area contributed by atoms with Crippen molar-refractivity contribution in [2.75, 3.05) is 5.01 Å². The second-order valence-corrected chi connectivity index (χ2v) is 5.33. The van der Waals surface area contributed by atoms with E-state index in [-0.39, 0.29) is 5.92 Å². The van der Waals surface area contributed by atoms with Crippen LogP contribution in [0.1, 0.15) is 22.6 Å². The van der Waals surface area contributed by atoms with Gasteiger partial charge in [0, 0.05) is 5.92 Å². The van der Waals surface area contributed by atoms with E-state index in [2.05, 4.69) is 66.7 Å². The Hall–Kier alpha value is -2.58. The molecule has 0 saturated carbocycles. The Labute approximate surface area is 124 Å². The highest BCUT2D eigenvalue weighted by Crippen LogP contribution is 2.46. The lowest BCUT2D eigenvalue weighted by Gasteiger charge is -2.35. The topological polar surface area (TPSA) is 29.3 Å². The molecule has 4 rings (SSSR count). The molecular formula is C19H16N2. The fourth-order valence-electron chi connectivity index (χ4n) is 3.20. The Morgan fingerprint density at radius 1 is 0.619 bits per heavy atom. The largest absolute Gasteiger partial charge is 0.279 e. The minimum absolute atomic E-state index is 0.235. The average Bonchev–Trinajstić information content (AvgIpc) is 2.56. The molecule has 0 atom stereocenters. The van der Waals surface area contributed by atoms with Gasteiger partial charge in [0.15, 0.2) is 0 Å². The van der Waals surface area contributed by atoms with Gasteiger partial charge in [-0.25, -0.2) is 5.84 Å². The van der Waals surface area contributed by atoms with Crippen LogP contribution in [-0.2, 0) is 0 Å². The van der Waals surface area contributed by atoms with Crippen LogP contribution < -0.4 is 10.9 Å². The van der Waals surface area contributed by atoms with E-state index in [0.29, 0.717) is 0 Å². The van der Waals surface area contributed by atoms with E-state index >= 15 is 0 Å². The molecule has 2 nitrogen and oxygen atoms in total. The van der Waals surface area contributed by atoms with Crippen molar-refractivity contribution in [3.63, 3.8) is 0 Å². The Morgan fingerprint density at radius 3 is 1.67 bits per heavy atom. The van der Waals surface area contributed by atoms with Crippen molar-refractivity contribution >= 4 is 11.4 Å². The summed E-state index contributed by atoms with van der Waals surface area (Å²) in [5.41, 5.74) is 5.95. The Morgan fingerprint density at radius 2 is 1.10 bits per heavy atom. The summed E-state index contributed by atoms with van der Waals surface area (Å²) in [6, 6.07) is 27.4. The molecule has 102 valence electrons. The maximum atomic E-state index is 6.33. The zero-order valence-electron chi connectivity index (χ0n) is 11.6. The summed E-state index contributed by atoms with van der Waals surface area (Å²) in [5.74, 6) is 6.57. The molecule has 0 saturated heterocycles. The Kier molecular flexibility index (Phi) is 2.76. The van der Waals surface area contributed by atoms with Crippen LogP contribution in [-0.4, -0.2) is 0 Å². The van der Waals surface area contributed by atoms with Gasteiger partial charge < -0.3 is 0 Å². The standard InChI is InChI=1S/C19H16N2/c20-21-17-12-6-4-10-15(17)19(14-8-2-1-3-9-14)16-11-5-7-13-18(16)21/h1-13,19H,20H2. The summed E-state index contributed by atoms with van der Waals surface area (Å²) in [5, 5.41) is 1.80. The van der Waals surface area contributed by atoms with Gasteiger partial charge >= 0.3 is 0 Å². The fraction of sp³-hybridized carbons (Fsp3) is 0.0526. The summed E-state index contributed by atoms with van der Waals surface area (Å²) >= 11 is 0. The average molecular weight is 272 g/mol. The number of rotatable bonds is 1. The molecular weight excluding hydrogens is 256 g/mol.